The van der Waals surface area contributed by atoms with E-state index in [0.717, 1.165) is 0 Å². The Kier molecular flexibility index (Phi) is 6.68. The predicted octanol–water partition coefficient (Wildman–Crippen LogP) is 6.90. The van der Waals surface area contributed by atoms with E-state index in [4.69, 9.17) is 0 Å². The second-order valence-corrected chi connectivity index (χ2v) is 5.45. The number of hydrogen-bond acceptors (Lipinski definition) is 0. The molecule has 0 nitrogen and oxygen atoms in total. The van der Waals surface area contributed by atoms with Crippen LogP contribution in [0.4, 0.5) is 92.2 Å². The van der Waals surface area contributed by atoms with Gasteiger partial charge < -0.3 is 0 Å². The first-order valence-corrected chi connectivity index (χ1v) is 6.32. The van der Waals surface area contributed by atoms with Gasteiger partial charge in [0.05, 0.1) is 0 Å². The fraction of sp³-hybridized carbons (Fsp3) is 1.00. The smallest absolute Gasteiger partial charge is 0.223 e. The minimum absolute atomic E-state index is 6.44. The van der Waals surface area contributed by atoms with Gasteiger partial charge in [0, 0.05) is 0 Å². The molecule has 0 atom stereocenters. The average Bonchev–Trinajstić information content (AvgIpc) is 2.50. The van der Waals surface area contributed by atoms with Crippen LogP contribution in [-0.2, 0) is 0 Å². The van der Waals surface area contributed by atoms with Crippen LogP contribution in [-0.4, -0.2) is 60.0 Å². The Bertz CT molecular complexity index is 608. The minimum atomic E-state index is -9.63. The first-order valence-electron chi connectivity index (χ1n) is 6.32. The van der Waals surface area contributed by atoms with Crippen LogP contribution in [0, 0.1) is 0 Å². The molecule has 0 aromatic heterocycles. The number of hydrogen-bond donors (Lipinski definition) is 0. The van der Waals surface area contributed by atoms with E-state index < -0.39 is 60.0 Å². The van der Waals surface area contributed by atoms with Crippen LogP contribution in [0.2, 0.25) is 0 Å². The van der Waals surface area contributed by atoms with Gasteiger partial charge in [-0.25, -0.2) is 13.2 Å². The van der Waals surface area contributed by atoms with Crippen molar-refractivity contribution in [3.8, 4) is 0 Å². The monoisotopic (exact) mass is 520 g/mol. The highest BCUT2D eigenvalue weighted by Crippen LogP contribution is 2.68. The standard InChI is InChI=1S/C10HF21/c11-1(12)2(13,14)4(16,17)3(15,5(18,19)7(22,23)9(26,27)28)6(20,21)8(24,25)10(29,30)31/h1H. The van der Waals surface area contributed by atoms with E-state index in [1.807, 2.05) is 0 Å². The van der Waals surface area contributed by atoms with Crippen LogP contribution in [0.1, 0.15) is 0 Å². The Hall–Kier alpha value is -1.47. The SMILES string of the molecule is FC(F)C(F)(F)C(F)(F)C(F)(C(F)(F)C(F)(F)C(F)(F)F)C(F)(F)C(F)(F)C(F)(F)F. The highest BCUT2D eigenvalue weighted by molar-refractivity contribution is 5.24. The summed E-state index contributed by atoms with van der Waals surface area (Å²) in [5.41, 5.74) is -9.63. The average molecular weight is 520 g/mol. The summed E-state index contributed by atoms with van der Waals surface area (Å²) in [6.07, 6.45) is -23.0. The van der Waals surface area contributed by atoms with E-state index in [0.29, 0.717) is 0 Å². The van der Waals surface area contributed by atoms with Crippen molar-refractivity contribution in [1.29, 1.82) is 0 Å². The lowest BCUT2D eigenvalue weighted by atomic mass is 9.75. The Morgan fingerprint density at radius 2 is 0.548 bits per heavy atom. The summed E-state index contributed by atoms with van der Waals surface area (Å²) in [6.45, 7) is 0. The van der Waals surface area contributed by atoms with Gasteiger partial charge in [-0.1, -0.05) is 0 Å². The molecule has 0 N–H and O–H groups in total. The molecule has 21 heteroatoms. The summed E-state index contributed by atoms with van der Waals surface area (Å²) in [5.74, 6) is -53.7. The molecule has 0 fully saturated rings. The van der Waals surface area contributed by atoms with Crippen LogP contribution < -0.4 is 0 Å². The summed E-state index contributed by atoms with van der Waals surface area (Å²) in [6, 6.07) is 0. The van der Waals surface area contributed by atoms with Crippen molar-refractivity contribution in [2.75, 3.05) is 0 Å². The van der Waals surface area contributed by atoms with Gasteiger partial charge >= 0.3 is 60.0 Å². The van der Waals surface area contributed by atoms with Crippen LogP contribution in [0.5, 0.6) is 0 Å². The second kappa shape index (κ2) is 7.01. The summed E-state index contributed by atoms with van der Waals surface area (Å²) in [5, 5.41) is 0. The van der Waals surface area contributed by atoms with Crippen molar-refractivity contribution in [2.24, 2.45) is 0 Å². The van der Waals surface area contributed by atoms with Gasteiger partial charge in [-0.3, -0.25) is 0 Å². The molecule has 0 aliphatic carbocycles. The first kappa shape index (κ1) is 29.5. The van der Waals surface area contributed by atoms with Crippen molar-refractivity contribution >= 4 is 0 Å². The molecule has 31 heavy (non-hydrogen) atoms. The summed E-state index contributed by atoms with van der Waals surface area (Å²) in [7, 11) is 0. The zero-order valence-electron chi connectivity index (χ0n) is 13.0. The summed E-state index contributed by atoms with van der Waals surface area (Å²) >= 11 is 0. The maximum Gasteiger partial charge on any atom is 0.460 e. The molecule has 0 saturated carbocycles. The molecule has 0 aliphatic rings. The maximum absolute atomic E-state index is 14.0. The van der Waals surface area contributed by atoms with E-state index in [-0.39, 0.29) is 0 Å². The van der Waals surface area contributed by atoms with Gasteiger partial charge in [0.2, 0.25) is 0 Å². The normalized spacial score (nSPS) is 16.8. The molecule has 0 saturated heterocycles. The van der Waals surface area contributed by atoms with E-state index in [1.54, 1.807) is 0 Å². The Balaban J connectivity index is 7.76. The maximum atomic E-state index is 14.0. The first-order chi connectivity index (χ1) is 12.9. The lowest BCUT2D eigenvalue weighted by Gasteiger charge is -2.48. The molecular formula is C10HF21. The van der Waals surface area contributed by atoms with Crippen molar-refractivity contribution in [3.05, 3.63) is 0 Å². The third-order valence-electron chi connectivity index (χ3n) is 3.49. The van der Waals surface area contributed by atoms with Crippen LogP contribution in [0.3, 0.4) is 0 Å². The predicted molar refractivity (Wildman–Crippen MR) is 51.6 cm³/mol. The molecule has 0 aromatic carbocycles. The van der Waals surface area contributed by atoms with Crippen molar-refractivity contribution in [1.82, 2.24) is 0 Å². The zero-order chi connectivity index (χ0) is 26.1. The highest BCUT2D eigenvalue weighted by Gasteiger charge is 3.01. The van der Waals surface area contributed by atoms with Crippen molar-refractivity contribution < 1.29 is 92.2 Å². The fourth-order valence-corrected chi connectivity index (χ4v) is 1.75. The number of rotatable bonds is 7. The summed E-state index contributed by atoms with van der Waals surface area (Å²) in [4.78, 5) is 0. The molecular weight excluding hydrogens is 519 g/mol. The van der Waals surface area contributed by atoms with Gasteiger partial charge in [0.1, 0.15) is 0 Å². The fourth-order valence-electron chi connectivity index (χ4n) is 1.75. The van der Waals surface area contributed by atoms with Gasteiger partial charge in [-0.05, 0) is 0 Å². The largest absolute Gasteiger partial charge is 0.460 e. The molecule has 0 amide bonds. The summed E-state index contributed by atoms with van der Waals surface area (Å²) < 4.78 is 267. The zero-order valence-corrected chi connectivity index (χ0v) is 13.0. The van der Waals surface area contributed by atoms with E-state index >= 15 is 0 Å². The number of alkyl halides is 21. The molecule has 188 valence electrons. The van der Waals surface area contributed by atoms with E-state index in [9.17, 15) is 92.2 Å². The Morgan fingerprint density at radius 1 is 0.323 bits per heavy atom. The lowest BCUT2D eigenvalue weighted by molar-refractivity contribution is -0.479. The molecule has 0 heterocycles. The topological polar surface area (TPSA) is 0 Å². The third kappa shape index (κ3) is 3.43. The minimum Gasteiger partial charge on any atom is -0.223 e. The van der Waals surface area contributed by atoms with E-state index in [2.05, 4.69) is 0 Å². The Morgan fingerprint density at radius 3 is 0.710 bits per heavy atom. The molecule has 0 aliphatic heterocycles. The quantitative estimate of drug-likeness (QED) is 0.321. The van der Waals surface area contributed by atoms with Gasteiger partial charge in [-0.15, -0.1) is 0 Å². The number of halogens is 21. The lowest BCUT2D eigenvalue weighted by Crippen LogP contribution is -2.82. The molecule has 0 unspecified atom stereocenters. The van der Waals surface area contributed by atoms with Gasteiger partial charge in [-0.2, -0.15) is 79.0 Å². The van der Waals surface area contributed by atoms with Crippen molar-refractivity contribution in [2.45, 2.75) is 60.0 Å². The highest BCUT2D eigenvalue weighted by atomic mass is 19.4. The third-order valence-corrected chi connectivity index (χ3v) is 3.49. The molecule has 0 spiro atoms. The second-order valence-electron chi connectivity index (χ2n) is 5.45. The van der Waals surface area contributed by atoms with Crippen LogP contribution >= 0.6 is 0 Å². The van der Waals surface area contributed by atoms with Crippen LogP contribution in [0.15, 0.2) is 0 Å². The molecule has 0 aromatic rings. The van der Waals surface area contributed by atoms with Crippen LogP contribution in [0.25, 0.3) is 0 Å². The van der Waals surface area contributed by atoms with Gasteiger partial charge in [0.15, 0.2) is 0 Å². The molecule has 0 bridgehead atoms. The Labute approximate surface area is 153 Å². The van der Waals surface area contributed by atoms with Gasteiger partial charge in [0.25, 0.3) is 0 Å². The van der Waals surface area contributed by atoms with E-state index in [1.165, 1.54) is 0 Å². The molecule has 0 radical (unpaired) electrons. The molecule has 0 rings (SSSR count). The van der Waals surface area contributed by atoms with Crippen molar-refractivity contribution in [3.63, 3.8) is 0 Å².